The lowest BCUT2D eigenvalue weighted by Gasteiger charge is -2.15. The second-order valence-electron chi connectivity index (χ2n) is 4.66. The summed E-state index contributed by atoms with van der Waals surface area (Å²) in [6.45, 7) is 3.86. The van der Waals surface area contributed by atoms with Gasteiger partial charge in [-0.3, -0.25) is 0 Å². The number of hydrogen-bond donors (Lipinski definition) is 2. The van der Waals surface area contributed by atoms with Crippen molar-refractivity contribution in [3.63, 3.8) is 0 Å². The first-order valence-corrected chi connectivity index (χ1v) is 6.44. The zero-order valence-corrected chi connectivity index (χ0v) is 11.1. The molecular formula is C14H18N2O3. The quantitative estimate of drug-likeness (QED) is 0.866. The second kappa shape index (κ2) is 5.40. The topological polar surface area (TPSA) is 75.3 Å². The lowest BCUT2D eigenvalue weighted by Crippen LogP contribution is -2.14. The van der Waals surface area contributed by atoms with Crippen LogP contribution >= 0.6 is 0 Å². The molecule has 1 unspecified atom stereocenters. The van der Waals surface area contributed by atoms with Crippen molar-refractivity contribution in [3.05, 3.63) is 29.6 Å². The fourth-order valence-corrected chi connectivity index (χ4v) is 2.33. The number of aliphatic hydroxyl groups is 1. The largest absolute Gasteiger partial charge is 0.478 e. The van der Waals surface area contributed by atoms with Gasteiger partial charge in [-0.25, -0.2) is 9.78 Å². The first kappa shape index (κ1) is 13.5. The van der Waals surface area contributed by atoms with E-state index in [1.165, 1.54) is 0 Å². The van der Waals surface area contributed by atoms with E-state index < -0.39 is 5.97 Å². The number of hydrogen-bond acceptors (Lipinski definition) is 3. The van der Waals surface area contributed by atoms with Gasteiger partial charge >= 0.3 is 5.97 Å². The maximum Gasteiger partial charge on any atom is 0.337 e. The van der Waals surface area contributed by atoms with Gasteiger partial charge in [0.2, 0.25) is 0 Å². The highest BCUT2D eigenvalue weighted by Gasteiger charge is 2.20. The number of para-hydroxylation sites is 1. The maximum atomic E-state index is 11.3. The third-order valence-corrected chi connectivity index (χ3v) is 3.19. The third kappa shape index (κ3) is 2.33. The standard InChI is InChI=1S/C14H18N2O3/c1-3-5-12-15-11-7-4-6-10(14(18)19)13(11)16(12)9(2)8-17/h4,6-7,9,17H,3,5,8H2,1-2H3,(H,18,19). The Labute approximate surface area is 111 Å². The highest BCUT2D eigenvalue weighted by atomic mass is 16.4. The lowest BCUT2D eigenvalue weighted by atomic mass is 10.1. The third-order valence-electron chi connectivity index (χ3n) is 3.19. The molecule has 0 saturated carbocycles. The van der Waals surface area contributed by atoms with Crippen molar-refractivity contribution < 1.29 is 15.0 Å². The first-order valence-electron chi connectivity index (χ1n) is 6.44. The highest BCUT2D eigenvalue weighted by Crippen LogP contribution is 2.25. The zero-order chi connectivity index (χ0) is 14.0. The minimum atomic E-state index is -0.972. The van der Waals surface area contributed by atoms with Gasteiger partial charge in [-0.05, 0) is 25.5 Å². The van der Waals surface area contributed by atoms with E-state index in [1.807, 2.05) is 24.5 Å². The van der Waals surface area contributed by atoms with Crippen LogP contribution in [0.3, 0.4) is 0 Å². The molecule has 0 bridgehead atoms. The molecule has 0 fully saturated rings. The molecular weight excluding hydrogens is 244 g/mol. The Kier molecular flexibility index (Phi) is 3.85. The average molecular weight is 262 g/mol. The van der Waals surface area contributed by atoms with E-state index in [-0.39, 0.29) is 18.2 Å². The summed E-state index contributed by atoms with van der Waals surface area (Å²) in [6.07, 6.45) is 1.68. The van der Waals surface area contributed by atoms with Crippen molar-refractivity contribution in [1.82, 2.24) is 9.55 Å². The Bertz CT molecular complexity index is 604. The van der Waals surface area contributed by atoms with Crippen LogP contribution < -0.4 is 0 Å². The van der Waals surface area contributed by atoms with Crippen LogP contribution in [0.1, 0.15) is 42.5 Å². The van der Waals surface area contributed by atoms with E-state index in [0.717, 1.165) is 18.7 Å². The van der Waals surface area contributed by atoms with Gasteiger partial charge in [0.15, 0.2) is 0 Å². The number of carbonyl (C=O) groups is 1. The predicted molar refractivity (Wildman–Crippen MR) is 72.5 cm³/mol. The Morgan fingerprint density at radius 2 is 2.21 bits per heavy atom. The molecule has 1 atom stereocenters. The van der Waals surface area contributed by atoms with Gasteiger partial charge in [0.25, 0.3) is 0 Å². The van der Waals surface area contributed by atoms with Crippen LogP contribution in [0.4, 0.5) is 0 Å². The number of aromatic carboxylic acids is 1. The zero-order valence-electron chi connectivity index (χ0n) is 11.1. The lowest BCUT2D eigenvalue weighted by molar-refractivity contribution is 0.0698. The van der Waals surface area contributed by atoms with Crippen LogP contribution in [-0.4, -0.2) is 32.3 Å². The molecule has 19 heavy (non-hydrogen) atoms. The van der Waals surface area contributed by atoms with Crippen molar-refractivity contribution >= 4 is 17.0 Å². The average Bonchev–Trinajstić information content (AvgIpc) is 2.75. The summed E-state index contributed by atoms with van der Waals surface area (Å²) < 4.78 is 1.85. The van der Waals surface area contributed by atoms with Gasteiger partial charge < -0.3 is 14.8 Å². The molecule has 102 valence electrons. The minimum absolute atomic E-state index is 0.0455. The monoisotopic (exact) mass is 262 g/mol. The molecule has 1 heterocycles. The fourth-order valence-electron chi connectivity index (χ4n) is 2.33. The van der Waals surface area contributed by atoms with Gasteiger partial charge in [0.05, 0.1) is 29.2 Å². The number of fused-ring (bicyclic) bond motifs is 1. The van der Waals surface area contributed by atoms with Gasteiger partial charge in [-0.1, -0.05) is 13.0 Å². The number of aromatic nitrogens is 2. The molecule has 5 nitrogen and oxygen atoms in total. The van der Waals surface area contributed by atoms with E-state index in [2.05, 4.69) is 4.98 Å². The van der Waals surface area contributed by atoms with Gasteiger partial charge in [-0.2, -0.15) is 0 Å². The van der Waals surface area contributed by atoms with Crippen LogP contribution in [0.15, 0.2) is 18.2 Å². The molecule has 0 radical (unpaired) electrons. The Hall–Kier alpha value is -1.88. The predicted octanol–water partition coefficient (Wildman–Crippen LogP) is 2.24. The van der Waals surface area contributed by atoms with Crippen molar-refractivity contribution in [2.75, 3.05) is 6.61 Å². The van der Waals surface area contributed by atoms with Crippen LogP contribution in [0.5, 0.6) is 0 Å². The second-order valence-corrected chi connectivity index (χ2v) is 4.66. The number of carboxylic acids is 1. The number of rotatable bonds is 5. The van der Waals surface area contributed by atoms with Gasteiger partial charge in [0.1, 0.15) is 5.82 Å². The molecule has 2 aromatic rings. The summed E-state index contributed by atoms with van der Waals surface area (Å²) in [5, 5.41) is 18.7. The molecule has 0 aliphatic carbocycles. The van der Waals surface area contributed by atoms with Crippen molar-refractivity contribution in [3.8, 4) is 0 Å². The number of aliphatic hydroxyl groups excluding tert-OH is 1. The Morgan fingerprint density at radius 3 is 2.79 bits per heavy atom. The van der Waals surface area contributed by atoms with Crippen molar-refractivity contribution in [2.24, 2.45) is 0 Å². The van der Waals surface area contributed by atoms with Crippen LogP contribution in [0.25, 0.3) is 11.0 Å². The van der Waals surface area contributed by atoms with E-state index in [4.69, 9.17) is 0 Å². The van der Waals surface area contributed by atoms with Gasteiger partial charge in [0, 0.05) is 6.42 Å². The SMILES string of the molecule is CCCc1nc2cccc(C(=O)O)c2n1C(C)CO. The highest BCUT2D eigenvalue weighted by molar-refractivity contribution is 6.01. The van der Waals surface area contributed by atoms with Crippen molar-refractivity contribution in [2.45, 2.75) is 32.7 Å². The van der Waals surface area contributed by atoms with Crippen LogP contribution in [0, 0.1) is 0 Å². The molecule has 2 N–H and O–H groups in total. The van der Waals surface area contributed by atoms with E-state index >= 15 is 0 Å². The normalized spacial score (nSPS) is 12.8. The Morgan fingerprint density at radius 1 is 1.47 bits per heavy atom. The molecule has 0 amide bonds. The molecule has 0 aliphatic heterocycles. The molecule has 0 saturated heterocycles. The summed E-state index contributed by atoms with van der Waals surface area (Å²) in [5.41, 5.74) is 1.50. The summed E-state index contributed by atoms with van der Waals surface area (Å²) in [7, 11) is 0. The summed E-state index contributed by atoms with van der Waals surface area (Å²) in [5.74, 6) is -0.146. The van der Waals surface area contributed by atoms with Gasteiger partial charge in [-0.15, -0.1) is 0 Å². The summed E-state index contributed by atoms with van der Waals surface area (Å²) in [4.78, 5) is 15.8. The molecule has 2 rings (SSSR count). The number of aryl methyl sites for hydroxylation is 1. The molecule has 5 heteroatoms. The van der Waals surface area contributed by atoms with Crippen molar-refractivity contribution in [1.29, 1.82) is 0 Å². The molecule has 1 aromatic heterocycles. The number of nitrogens with zero attached hydrogens (tertiary/aromatic N) is 2. The number of imidazole rings is 1. The van der Waals surface area contributed by atoms with E-state index in [9.17, 15) is 15.0 Å². The Balaban J connectivity index is 2.77. The fraction of sp³-hybridized carbons (Fsp3) is 0.429. The van der Waals surface area contributed by atoms with E-state index in [0.29, 0.717) is 11.0 Å². The van der Waals surface area contributed by atoms with Crippen LogP contribution in [0.2, 0.25) is 0 Å². The first-order chi connectivity index (χ1) is 9.10. The van der Waals surface area contributed by atoms with E-state index in [1.54, 1.807) is 12.1 Å². The molecule has 0 spiro atoms. The maximum absolute atomic E-state index is 11.3. The minimum Gasteiger partial charge on any atom is -0.478 e. The molecule has 0 aliphatic rings. The summed E-state index contributed by atoms with van der Waals surface area (Å²) in [6, 6.07) is 4.89. The number of carboxylic acid groups (broad SMARTS) is 1. The van der Waals surface area contributed by atoms with Crippen LogP contribution in [-0.2, 0) is 6.42 Å². The molecule has 1 aromatic carbocycles. The number of benzene rings is 1. The summed E-state index contributed by atoms with van der Waals surface area (Å²) >= 11 is 0. The smallest absolute Gasteiger partial charge is 0.337 e.